The molecule has 0 aliphatic heterocycles. The van der Waals surface area contributed by atoms with E-state index < -0.39 is 0 Å². The summed E-state index contributed by atoms with van der Waals surface area (Å²) in [7, 11) is 3.64. The topological polar surface area (TPSA) is 71.2 Å². The third kappa shape index (κ3) is 3.43. The van der Waals surface area contributed by atoms with Crippen molar-refractivity contribution < 1.29 is 9.47 Å². The molecule has 7 nitrogen and oxygen atoms in total. The predicted octanol–water partition coefficient (Wildman–Crippen LogP) is 3.58. The molecule has 0 bridgehead atoms. The molecule has 0 radical (unpaired) electrons. The Kier molecular flexibility index (Phi) is 4.50. The summed E-state index contributed by atoms with van der Waals surface area (Å²) in [4.78, 5) is 21.7. The lowest BCUT2D eigenvalue weighted by Crippen LogP contribution is -2.16. The summed E-state index contributed by atoms with van der Waals surface area (Å²) in [5.74, 6) is 2.90. The Morgan fingerprint density at radius 3 is 2.67 bits per heavy atom. The Hall–Kier alpha value is -3.61. The molecule has 3 aromatic heterocycles. The van der Waals surface area contributed by atoms with Gasteiger partial charge in [0.15, 0.2) is 0 Å². The second-order valence-electron chi connectivity index (χ2n) is 7.53. The minimum Gasteiger partial charge on any atom is -0.495 e. The highest BCUT2D eigenvalue weighted by molar-refractivity contribution is 5.78. The van der Waals surface area contributed by atoms with Gasteiger partial charge in [0.1, 0.15) is 23.9 Å². The third-order valence-corrected chi connectivity index (χ3v) is 5.43. The van der Waals surface area contributed by atoms with Crippen molar-refractivity contribution in [3.05, 3.63) is 76.7 Å². The van der Waals surface area contributed by atoms with E-state index in [9.17, 15) is 4.79 Å². The number of aryl methyl sites for hydroxylation is 1. The molecular formula is C23H22N4O3. The number of fused-ring (bicyclic) bond motifs is 1. The van der Waals surface area contributed by atoms with E-state index >= 15 is 0 Å². The molecule has 1 aromatic carbocycles. The summed E-state index contributed by atoms with van der Waals surface area (Å²) in [6.07, 6.45) is 5.78. The molecule has 1 aliphatic rings. The van der Waals surface area contributed by atoms with Crippen molar-refractivity contribution in [2.24, 2.45) is 7.05 Å². The second kappa shape index (κ2) is 7.33. The zero-order chi connectivity index (χ0) is 20.7. The van der Waals surface area contributed by atoms with Crippen molar-refractivity contribution in [1.29, 1.82) is 0 Å². The molecule has 1 fully saturated rings. The summed E-state index contributed by atoms with van der Waals surface area (Å²) < 4.78 is 14.6. The molecule has 3 heterocycles. The lowest BCUT2D eigenvalue weighted by atomic mass is 10.2. The molecule has 4 aromatic rings. The van der Waals surface area contributed by atoms with Gasteiger partial charge in [-0.15, -0.1) is 0 Å². The first-order valence-electron chi connectivity index (χ1n) is 9.93. The summed E-state index contributed by atoms with van der Waals surface area (Å²) in [5.41, 5.74) is 3.41. The van der Waals surface area contributed by atoms with Crippen molar-refractivity contribution in [2.45, 2.75) is 25.4 Å². The largest absolute Gasteiger partial charge is 0.495 e. The monoisotopic (exact) mass is 402 g/mol. The Balaban J connectivity index is 1.37. The maximum absolute atomic E-state index is 12.7. The minimum absolute atomic E-state index is 0.154. The SMILES string of the molecule is COc1ccc(COc2ccn(-c3ccc4nc(C5CC5)n(C)c4c3)c(=O)c2)nc1. The van der Waals surface area contributed by atoms with Crippen LogP contribution in [0.2, 0.25) is 0 Å². The van der Waals surface area contributed by atoms with Crippen LogP contribution in [-0.4, -0.2) is 26.2 Å². The zero-order valence-corrected chi connectivity index (χ0v) is 16.9. The fourth-order valence-electron chi connectivity index (χ4n) is 3.59. The lowest BCUT2D eigenvalue weighted by Gasteiger charge is -2.09. The van der Waals surface area contributed by atoms with E-state index in [1.807, 2.05) is 37.4 Å². The summed E-state index contributed by atoms with van der Waals surface area (Å²) in [6.45, 7) is 0.276. The highest BCUT2D eigenvalue weighted by Crippen LogP contribution is 2.40. The molecule has 0 spiro atoms. The molecule has 0 saturated heterocycles. The highest BCUT2D eigenvalue weighted by Gasteiger charge is 2.28. The first kappa shape index (κ1) is 18.4. The summed E-state index contributed by atoms with van der Waals surface area (Å²) >= 11 is 0. The molecular weight excluding hydrogens is 380 g/mol. The van der Waals surface area contributed by atoms with Gasteiger partial charge in [-0.1, -0.05) is 0 Å². The number of ether oxygens (including phenoxy) is 2. The number of benzene rings is 1. The zero-order valence-electron chi connectivity index (χ0n) is 16.9. The number of nitrogens with zero attached hydrogens (tertiary/aromatic N) is 4. The number of methoxy groups -OCH3 is 1. The predicted molar refractivity (Wildman–Crippen MR) is 113 cm³/mol. The molecule has 0 N–H and O–H groups in total. The Labute approximate surface area is 173 Å². The van der Waals surface area contributed by atoms with E-state index in [0.717, 1.165) is 28.2 Å². The van der Waals surface area contributed by atoms with Crippen molar-refractivity contribution in [3.8, 4) is 17.2 Å². The molecule has 1 saturated carbocycles. The number of rotatable bonds is 6. The van der Waals surface area contributed by atoms with Crippen LogP contribution in [-0.2, 0) is 13.7 Å². The van der Waals surface area contributed by atoms with E-state index in [-0.39, 0.29) is 12.2 Å². The number of aromatic nitrogens is 4. The molecule has 30 heavy (non-hydrogen) atoms. The first-order chi connectivity index (χ1) is 14.6. The van der Waals surface area contributed by atoms with Crippen LogP contribution in [0.4, 0.5) is 0 Å². The maximum Gasteiger partial charge on any atom is 0.258 e. The Morgan fingerprint density at radius 2 is 1.97 bits per heavy atom. The molecule has 0 atom stereocenters. The summed E-state index contributed by atoms with van der Waals surface area (Å²) in [5, 5.41) is 0. The van der Waals surface area contributed by atoms with Crippen LogP contribution in [0.5, 0.6) is 11.5 Å². The number of pyridine rings is 2. The Morgan fingerprint density at radius 1 is 1.10 bits per heavy atom. The lowest BCUT2D eigenvalue weighted by molar-refractivity contribution is 0.300. The smallest absolute Gasteiger partial charge is 0.258 e. The molecule has 5 rings (SSSR count). The first-order valence-corrected chi connectivity index (χ1v) is 9.93. The normalized spacial score (nSPS) is 13.5. The standard InChI is InChI=1S/C23H22N4O3/c1-26-21-11-17(6-8-20(21)25-23(26)15-3-4-15)27-10-9-18(12-22(27)28)30-14-16-5-7-19(29-2)13-24-16/h5-13,15H,3-4,14H2,1-2H3. The van der Waals surface area contributed by atoms with Gasteiger partial charge in [-0.05, 0) is 49.2 Å². The van der Waals surface area contributed by atoms with Crippen molar-refractivity contribution in [1.82, 2.24) is 19.1 Å². The van der Waals surface area contributed by atoms with Crippen molar-refractivity contribution >= 4 is 11.0 Å². The number of hydrogen-bond donors (Lipinski definition) is 0. The maximum atomic E-state index is 12.7. The van der Waals surface area contributed by atoms with Gasteiger partial charge in [-0.2, -0.15) is 0 Å². The third-order valence-electron chi connectivity index (χ3n) is 5.43. The average Bonchev–Trinajstić information content (AvgIpc) is 3.56. The van der Waals surface area contributed by atoms with E-state index in [1.165, 1.54) is 18.9 Å². The number of hydrogen-bond acceptors (Lipinski definition) is 5. The van der Waals surface area contributed by atoms with Gasteiger partial charge in [-0.25, -0.2) is 4.98 Å². The number of imidazole rings is 1. The van der Waals surface area contributed by atoms with Gasteiger partial charge in [0.25, 0.3) is 5.56 Å². The van der Waals surface area contributed by atoms with Crippen LogP contribution in [0.25, 0.3) is 16.7 Å². The van der Waals surface area contributed by atoms with Crippen LogP contribution in [0, 0.1) is 0 Å². The van der Waals surface area contributed by atoms with E-state index in [0.29, 0.717) is 17.4 Å². The van der Waals surface area contributed by atoms with Gasteiger partial charge < -0.3 is 14.0 Å². The van der Waals surface area contributed by atoms with Crippen molar-refractivity contribution in [2.75, 3.05) is 7.11 Å². The molecule has 1 aliphatic carbocycles. The van der Waals surface area contributed by atoms with Crippen LogP contribution >= 0.6 is 0 Å². The van der Waals surface area contributed by atoms with E-state index in [2.05, 4.69) is 9.55 Å². The van der Waals surface area contributed by atoms with Crippen LogP contribution in [0.15, 0.2) is 59.7 Å². The van der Waals surface area contributed by atoms with Gasteiger partial charge in [0, 0.05) is 25.2 Å². The van der Waals surface area contributed by atoms with Gasteiger partial charge in [0.05, 0.1) is 35.7 Å². The average molecular weight is 402 g/mol. The Bertz CT molecular complexity index is 1270. The fourth-order valence-corrected chi connectivity index (χ4v) is 3.59. The molecule has 152 valence electrons. The van der Waals surface area contributed by atoms with Crippen LogP contribution in [0.1, 0.15) is 30.3 Å². The van der Waals surface area contributed by atoms with E-state index in [1.54, 1.807) is 30.1 Å². The molecule has 0 amide bonds. The van der Waals surface area contributed by atoms with Crippen LogP contribution < -0.4 is 15.0 Å². The fraction of sp³-hybridized carbons (Fsp3) is 0.261. The van der Waals surface area contributed by atoms with Crippen LogP contribution in [0.3, 0.4) is 0 Å². The quantitative estimate of drug-likeness (QED) is 0.493. The van der Waals surface area contributed by atoms with Gasteiger partial charge in [-0.3, -0.25) is 14.3 Å². The minimum atomic E-state index is -0.154. The highest BCUT2D eigenvalue weighted by atomic mass is 16.5. The van der Waals surface area contributed by atoms with Gasteiger partial charge >= 0.3 is 0 Å². The molecule has 7 heteroatoms. The molecule has 0 unspecified atom stereocenters. The van der Waals surface area contributed by atoms with E-state index in [4.69, 9.17) is 14.5 Å². The summed E-state index contributed by atoms with van der Waals surface area (Å²) in [6, 6.07) is 12.8. The second-order valence-corrected chi connectivity index (χ2v) is 7.53. The van der Waals surface area contributed by atoms with Gasteiger partial charge in [0.2, 0.25) is 0 Å². The van der Waals surface area contributed by atoms with Crippen molar-refractivity contribution in [3.63, 3.8) is 0 Å².